The highest BCUT2D eigenvalue weighted by molar-refractivity contribution is 5.54. The average molecular weight is 264 g/mol. The molecule has 106 valence electrons. The fourth-order valence-electron chi connectivity index (χ4n) is 2.91. The van der Waals surface area contributed by atoms with Gasteiger partial charge in [0, 0.05) is 36.4 Å². The molecule has 19 heavy (non-hydrogen) atoms. The van der Waals surface area contributed by atoms with Crippen molar-refractivity contribution in [1.82, 2.24) is 4.90 Å². The summed E-state index contributed by atoms with van der Waals surface area (Å²) in [5.74, 6) is 0.780. The highest BCUT2D eigenvalue weighted by Crippen LogP contribution is 2.32. The third-order valence-corrected chi connectivity index (χ3v) is 4.07. The second-order valence-electron chi connectivity index (χ2n) is 5.83. The van der Waals surface area contributed by atoms with Gasteiger partial charge in [-0.05, 0) is 33.0 Å². The van der Waals surface area contributed by atoms with Crippen molar-refractivity contribution in [2.24, 2.45) is 5.92 Å². The molecule has 2 rings (SSSR count). The predicted molar refractivity (Wildman–Crippen MR) is 77.6 cm³/mol. The summed E-state index contributed by atoms with van der Waals surface area (Å²) in [6.45, 7) is 5.89. The van der Waals surface area contributed by atoms with Gasteiger partial charge in [-0.15, -0.1) is 0 Å². The number of aromatic hydroxyl groups is 1. The largest absolute Gasteiger partial charge is 0.507 e. The topological polar surface area (TPSA) is 46.9 Å². The molecule has 0 amide bonds. The average Bonchev–Trinajstić information content (AvgIpc) is 2.70. The monoisotopic (exact) mass is 264 g/mol. The highest BCUT2D eigenvalue weighted by atomic mass is 16.3. The van der Waals surface area contributed by atoms with Crippen LogP contribution in [0, 0.1) is 5.92 Å². The second kappa shape index (κ2) is 5.39. The molecular weight excluding hydrogens is 240 g/mol. The molecule has 3 atom stereocenters. The highest BCUT2D eigenvalue weighted by Gasteiger charge is 2.31. The number of hydrogen-bond donors (Lipinski definition) is 2. The van der Waals surface area contributed by atoms with E-state index in [0.717, 1.165) is 18.8 Å². The molecule has 1 aromatic carbocycles. The van der Waals surface area contributed by atoms with E-state index in [0.29, 0.717) is 17.5 Å². The zero-order chi connectivity index (χ0) is 14.2. The first-order valence-corrected chi connectivity index (χ1v) is 6.82. The van der Waals surface area contributed by atoms with Gasteiger partial charge in [0.2, 0.25) is 0 Å². The van der Waals surface area contributed by atoms with Crippen molar-refractivity contribution < 1.29 is 10.2 Å². The van der Waals surface area contributed by atoms with E-state index in [1.165, 1.54) is 0 Å². The van der Waals surface area contributed by atoms with Gasteiger partial charge in [0.1, 0.15) is 5.75 Å². The molecule has 1 saturated heterocycles. The van der Waals surface area contributed by atoms with Crippen LogP contribution in [0.1, 0.15) is 25.5 Å². The standard InChI is InChI=1S/C15H24N2O2/c1-10-8-17(9-14(10)16(3)4)12-5-6-13(11(2)18)15(19)7-12/h5-7,10-11,14,18-19H,8-9H2,1-4H3. The zero-order valence-corrected chi connectivity index (χ0v) is 12.2. The maximum atomic E-state index is 9.97. The van der Waals surface area contributed by atoms with Gasteiger partial charge in [0.15, 0.2) is 0 Å². The molecule has 3 unspecified atom stereocenters. The van der Waals surface area contributed by atoms with Crippen LogP contribution in [-0.4, -0.2) is 48.3 Å². The molecule has 4 nitrogen and oxygen atoms in total. The van der Waals surface area contributed by atoms with Crippen LogP contribution >= 0.6 is 0 Å². The third kappa shape index (κ3) is 2.85. The number of aliphatic hydroxyl groups excluding tert-OH is 1. The number of benzene rings is 1. The van der Waals surface area contributed by atoms with Crippen LogP contribution in [0.3, 0.4) is 0 Å². The van der Waals surface area contributed by atoms with Crippen molar-refractivity contribution in [3.63, 3.8) is 0 Å². The minimum Gasteiger partial charge on any atom is -0.507 e. The second-order valence-corrected chi connectivity index (χ2v) is 5.83. The van der Waals surface area contributed by atoms with Crippen LogP contribution in [0.25, 0.3) is 0 Å². The lowest BCUT2D eigenvalue weighted by atomic mass is 10.1. The molecule has 0 bridgehead atoms. The van der Waals surface area contributed by atoms with Crippen molar-refractivity contribution in [3.05, 3.63) is 23.8 Å². The smallest absolute Gasteiger partial charge is 0.123 e. The lowest BCUT2D eigenvalue weighted by Crippen LogP contribution is -2.34. The number of anilines is 1. The Morgan fingerprint density at radius 3 is 2.47 bits per heavy atom. The first-order valence-electron chi connectivity index (χ1n) is 6.82. The first-order chi connectivity index (χ1) is 8.90. The molecule has 0 spiro atoms. The van der Waals surface area contributed by atoms with Crippen molar-refractivity contribution in [2.45, 2.75) is 26.0 Å². The van der Waals surface area contributed by atoms with Gasteiger partial charge >= 0.3 is 0 Å². The molecule has 2 N–H and O–H groups in total. The molecule has 0 aliphatic carbocycles. The van der Waals surface area contributed by atoms with Crippen LogP contribution in [0.2, 0.25) is 0 Å². The van der Waals surface area contributed by atoms with Crippen molar-refractivity contribution in [3.8, 4) is 5.75 Å². The van der Waals surface area contributed by atoms with E-state index in [2.05, 4.69) is 30.8 Å². The maximum absolute atomic E-state index is 9.97. The first kappa shape index (κ1) is 14.2. The lowest BCUT2D eigenvalue weighted by Gasteiger charge is -2.23. The molecule has 1 aliphatic rings. The van der Waals surface area contributed by atoms with E-state index in [4.69, 9.17) is 0 Å². The van der Waals surface area contributed by atoms with E-state index in [1.807, 2.05) is 12.1 Å². The van der Waals surface area contributed by atoms with E-state index in [1.54, 1.807) is 13.0 Å². The summed E-state index contributed by atoms with van der Waals surface area (Å²) in [7, 11) is 4.22. The Morgan fingerprint density at radius 1 is 1.32 bits per heavy atom. The Labute approximate surface area is 115 Å². The fourth-order valence-corrected chi connectivity index (χ4v) is 2.91. The molecule has 0 saturated carbocycles. The number of likely N-dealkylation sites (N-methyl/N-ethyl adjacent to an activating group) is 1. The number of phenolic OH excluding ortho intramolecular Hbond substituents is 1. The Kier molecular flexibility index (Phi) is 4.02. The SMILES string of the molecule is CC(O)c1ccc(N2CC(C)C(N(C)C)C2)cc1O. The minimum atomic E-state index is -0.638. The quantitative estimate of drug-likeness (QED) is 0.874. The lowest BCUT2D eigenvalue weighted by molar-refractivity contribution is 0.195. The number of hydrogen-bond acceptors (Lipinski definition) is 4. The van der Waals surface area contributed by atoms with Crippen LogP contribution in [-0.2, 0) is 0 Å². The Hall–Kier alpha value is -1.26. The van der Waals surface area contributed by atoms with Gasteiger partial charge in [0.05, 0.1) is 6.10 Å². The summed E-state index contributed by atoms with van der Waals surface area (Å²) in [4.78, 5) is 4.55. The van der Waals surface area contributed by atoms with Crippen LogP contribution in [0.5, 0.6) is 5.75 Å². The Balaban J connectivity index is 2.18. The van der Waals surface area contributed by atoms with E-state index in [-0.39, 0.29) is 5.75 Å². The van der Waals surface area contributed by atoms with Gasteiger partial charge < -0.3 is 20.0 Å². The molecule has 1 aromatic rings. The van der Waals surface area contributed by atoms with Gasteiger partial charge in [-0.3, -0.25) is 0 Å². The molecule has 0 aromatic heterocycles. The van der Waals surface area contributed by atoms with Crippen molar-refractivity contribution in [2.75, 3.05) is 32.1 Å². The molecule has 4 heteroatoms. The number of phenols is 1. The van der Waals surface area contributed by atoms with Crippen molar-refractivity contribution >= 4 is 5.69 Å². The normalized spacial score (nSPS) is 25.1. The molecule has 1 heterocycles. The molecule has 1 aliphatic heterocycles. The van der Waals surface area contributed by atoms with Gasteiger partial charge in [-0.25, -0.2) is 0 Å². The van der Waals surface area contributed by atoms with E-state index >= 15 is 0 Å². The molecule has 1 fully saturated rings. The van der Waals surface area contributed by atoms with Crippen LogP contribution in [0.4, 0.5) is 5.69 Å². The van der Waals surface area contributed by atoms with Gasteiger partial charge in [-0.1, -0.05) is 13.0 Å². The van der Waals surface area contributed by atoms with Gasteiger partial charge in [0.25, 0.3) is 0 Å². The van der Waals surface area contributed by atoms with Crippen LogP contribution in [0.15, 0.2) is 18.2 Å². The zero-order valence-electron chi connectivity index (χ0n) is 12.2. The number of rotatable bonds is 3. The molecular formula is C15H24N2O2. The third-order valence-electron chi connectivity index (χ3n) is 4.07. The number of aliphatic hydroxyl groups is 1. The maximum Gasteiger partial charge on any atom is 0.123 e. The fraction of sp³-hybridized carbons (Fsp3) is 0.600. The summed E-state index contributed by atoms with van der Waals surface area (Å²) >= 11 is 0. The summed E-state index contributed by atoms with van der Waals surface area (Å²) in [6, 6.07) is 6.08. The Morgan fingerprint density at radius 2 is 2.00 bits per heavy atom. The summed E-state index contributed by atoms with van der Waals surface area (Å²) in [5.41, 5.74) is 1.61. The molecule has 0 radical (unpaired) electrons. The van der Waals surface area contributed by atoms with Gasteiger partial charge in [-0.2, -0.15) is 0 Å². The van der Waals surface area contributed by atoms with E-state index in [9.17, 15) is 10.2 Å². The minimum absolute atomic E-state index is 0.174. The number of nitrogens with zero attached hydrogens (tertiary/aromatic N) is 2. The summed E-state index contributed by atoms with van der Waals surface area (Å²) in [6.07, 6.45) is -0.638. The summed E-state index contributed by atoms with van der Waals surface area (Å²) < 4.78 is 0. The summed E-state index contributed by atoms with van der Waals surface area (Å²) in [5, 5.41) is 19.5. The Bertz CT molecular complexity index is 446. The van der Waals surface area contributed by atoms with Crippen molar-refractivity contribution in [1.29, 1.82) is 0 Å². The van der Waals surface area contributed by atoms with E-state index < -0.39 is 6.10 Å². The predicted octanol–water partition coefficient (Wildman–Crippen LogP) is 1.83. The van der Waals surface area contributed by atoms with Crippen LogP contribution < -0.4 is 4.90 Å².